The van der Waals surface area contributed by atoms with Gasteiger partial charge < -0.3 is 9.47 Å². The van der Waals surface area contributed by atoms with Crippen LogP contribution in [0.5, 0.6) is 11.5 Å². The van der Waals surface area contributed by atoms with E-state index in [2.05, 4.69) is 35.3 Å². The second-order valence-corrected chi connectivity index (χ2v) is 10.3. The van der Waals surface area contributed by atoms with Crippen molar-refractivity contribution >= 4 is 55.3 Å². The third-order valence-corrected chi connectivity index (χ3v) is 8.24. The van der Waals surface area contributed by atoms with E-state index in [1.54, 1.807) is 36.9 Å². The first-order valence-electron chi connectivity index (χ1n) is 12.0. The molecule has 6 aromatic rings. The lowest BCUT2D eigenvalue weighted by Gasteiger charge is -2.05. The first kappa shape index (κ1) is 25.4. The van der Waals surface area contributed by atoms with E-state index in [0.29, 0.717) is 0 Å². The van der Waals surface area contributed by atoms with Crippen LogP contribution in [0.1, 0.15) is 11.1 Å². The number of nitrogens with zero attached hydrogens (tertiary/aromatic N) is 2. The minimum atomic E-state index is 0.833. The Morgan fingerprint density at radius 1 is 0.658 bits per heavy atom. The first-order chi connectivity index (χ1) is 18.6. The summed E-state index contributed by atoms with van der Waals surface area (Å²) in [6.07, 6.45) is 3.71. The van der Waals surface area contributed by atoms with E-state index < -0.39 is 0 Å². The van der Waals surface area contributed by atoms with Crippen LogP contribution in [0.15, 0.2) is 98.1 Å². The van der Waals surface area contributed by atoms with Crippen LogP contribution in [0.25, 0.3) is 53.7 Å². The molecule has 0 spiro atoms. The van der Waals surface area contributed by atoms with Crippen LogP contribution in [0.3, 0.4) is 0 Å². The number of para-hydroxylation sites is 1. The summed E-state index contributed by atoms with van der Waals surface area (Å²) in [5, 5.41) is 2.03. The van der Waals surface area contributed by atoms with Crippen LogP contribution >= 0.6 is 22.7 Å². The number of aromatic nitrogens is 2. The van der Waals surface area contributed by atoms with Crippen molar-refractivity contribution in [1.82, 2.24) is 9.97 Å². The molecule has 0 unspecified atom stereocenters. The normalized spacial score (nSPS) is 10.6. The molecule has 2 aromatic heterocycles. The van der Waals surface area contributed by atoms with Crippen LogP contribution in [-0.4, -0.2) is 24.2 Å². The molecule has 0 aliphatic rings. The highest BCUT2D eigenvalue weighted by Crippen LogP contribution is 2.35. The lowest BCUT2D eigenvalue weighted by Crippen LogP contribution is -1.86. The fourth-order valence-electron chi connectivity index (χ4n) is 4.01. The first-order valence-corrected chi connectivity index (χ1v) is 13.6. The van der Waals surface area contributed by atoms with Gasteiger partial charge in [0, 0.05) is 11.1 Å². The van der Waals surface area contributed by atoms with Crippen LogP contribution in [0.2, 0.25) is 0 Å². The Labute approximate surface area is 230 Å². The average molecular weight is 535 g/mol. The molecule has 6 rings (SSSR count). The van der Waals surface area contributed by atoms with Gasteiger partial charge in [-0.1, -0.05) is 49.6 Å². The van der Waals surface area contributed by atoms with Crippen molar-refractivity contribution in [2.45, 2.75) is 0 Å². The van der Waals surface area contributed by atoms with Gasteiger partial charge in [0.1, 0.15) is 21.5 Å². The van der Waals surface area contributed by atoms with Gasteiger partial charge in [0.25, 0.3) is 0 Å². The van der Waals surface area contributed by atoms with Crippen LogP contribution in [0, 0.1) is 0 Å². The Balaban J connectivity index is 0.000000155. The quantitative estimate of drug-likeness (QED) is 0.214. The summed E-state index contributed by atoms with van der Waals surface area (Å²) in [7, 11) is 3.34. The highest BCUT2D eigenvalue weighted by atomic mass is 32.1. The molecule has 6 heteroatoms. The van der Waals surface area contributed by atoms with Gasteiger partial charge >= 0.3 is 0 Å². The number of rotatable bonds is 6. The van der Waals surface area contributed by atoms with E-state index in [-0.39, 0.29) is 0 Å². The van der Waals surface area contributed by atoms with Crippen LogP contribution in [-0.2, 0) is 0 Å². The standard InChI is InChI=1S/2C16H13NOS/c1-3-11-5-4-6-14-15(11)19-16(17-14)12-7-9-13(18-2)10-8-12;1-3-11-10-12(18-2)8-9-13(11)16-17-14-6-4-5-7-15(14)19-16/h2*3-10H,1H2,2H3. The van der Waals surface area contributed by atoms with Gasteiger partial charge in [-0.05, 0) is 71.8 Å². The van der Waals surface area contributed by atoms with Gasteiger partial charge in [-0.15, -0.1) is 22.7 Å². The minimum Gasteiger partial charge on any atom is -0.497 e. The molecular weight excluding hydrogens is 508 g/mol. The van der Waals surface area contributed by atoms with E-state index in [0.717, 1.165) is 54.8 Å². The average Bonchev–Trinajstić information content (AvgIpc) is 3.62. The number of thiazole rings is 2. The summed E-state index contributed by atoms with van der Waals surface area (Å²) in [5.41, 5.74) is 6.43. The number of benzene rings is 4. The number of methoxy groups -OCH3 is 2. The van der Waals surface area contributed by atoms with E-state index in [9.17, 15) is 0 Å². The van der Waals surface area contributed by atoms with E-state index >= 15 is 0 Å². The van der Waals surface area contributed by atoms with Crippen molar-refractivity contribution < 1.29 is 9.47 Å². The minimum absolute atomic E-state index is 0.833. The molecule has 0 N–H and O–H groups in total. The predicted octanol–water partition coefficient (Wildman–Crippen LogP) is 9.23. The summed E-state index contributed by atoms with van der Waals surface area (Å²) >= 11 is 3.39. The Morgan fingerprint density at radius 3 is 2.05 bits per heavy atom. The lowest BCUT2D eigenvalue weighted by molar-refractivity contribution is 0.414. The number of hydrogen-bond donors (Lipinski definition) is 0. The maximum Gasteiger partial charge on any atom is 0.125 e. The number of fused-ring (bicyclic) bond motifs is 2. The van der Waals surface area contributed by atoms with Gasteiger partial charge in [-0.3, -0.25) is 0 Å². The Morgan fingerprint density at radius 2 is 1.34 bits per heavy atom. The fourth-order valence-corrected chi connectivity index (χ4v) is 6.10. The van der Waals surface area contributed by atoms with Gasteiger partial charge in [-0.2, -0.15) is 0 Å². The van der Waals surface area contributed by atoms with Gasteiger partial charge in [0.15, 0.2) is 0 Å². The zero-order valence-corrected chi connectivity index (χ0v) is 22.8. The molecule has 4 nitrogen and oxygen atoms in total. The lowest BCUT2D eigenvalue weighted by atomic mass is 10.1. The molecule has 0 bridgehead atoms. The van der Waals surface area contributed by atoms with Crippen molar-refractivity contribution in [1.29, 1.82) is 0 Å². The maximum atomic E-state index is 5.24. The second-order valence-electron chi connectivity index (χ2n) is 8.29. The highest BCUT2D eigenvalue weighted by Gasteiger charge is 2.10. The topological polar surface area (TPSA) is 44.2 Å². The van der Waals surface area contributed by atoms with E-state index in [1.165, 1.54) is 9.40 Å². The largest absolute Gasteiger partial charge is 0.497 e. The summed E-state index contributed by atoms with van der Waals surface area (Å²) < 4.78 is 12.8. The second kappa shape index (κ2) is 11.4. The van der Waals surface area contributed by atoms with Gasteiger partial charge in [-0.25, -0.2) is 9.97 Å². The molecule has 0 saturated carbocycles. The third-order valence-electron chi connectivity index (χ3n) is 6.01. The van der Waals surface area contributed by atoms with E-state index in [1.807, 2.05) is 84.9 Å². The summed E-state index contributed by atoms with van der Waals surface area (Å²) in [6.45, 7) is 7.72. The van der Waals surface area contributed by atoms with Gasteiger partial charge in [0.05, 0.1) is 34.7 Å². The molecule has 0 radical (unpaired) electrons. The molecular formula is C32H26N2O2S2. The Hall–Kier alpha value is -4.26. The SMILES string of the molecule is C=Cc1cc(OC)ccc1-c1nc2ccccc2s1.C=Cc1cccc2nc(-c3ccc(OC)cc3)sc12. The zero-order chi connectivity index (χ0) is 26.5. The molecule has 0 atom stereocenters. The molecule has 188 valence electrons. The predicted molar refractivity (Wildman–Crippen MR) is 163 cm³/mol. The Bertz CT molecular complexity index is 1700. The van der Waals surface area contributed by atoms with Crippen molar-refractivity contribution in [3.63, 3.8) is 0 Å². The van der Waals surface area contributed by atoms with Gasteiger partial charge in [0.2, 0.25) is 0 Å². The monoisotopic (exact) mass is 534 g/mol. The van der Waals surface area contributed by atoms with Crippen LogP contribution < -0.4 is 9.47 Å². The molecule has 2 heterocycles. The molecule has 0 saturated heterocycles. The Kier molecular flexibility index (Phi) is 7.63. The number of ether oxygens (including phenoxy) is 2. The van der Waals surface area contributed by atoms with Crippen molar-refractivity contribution in [3.05, 3.63) is 109 Å². The number of hydrogen-bond acceptors (Lipinski definition) is 6. The third kappa shape index (κ3) is 5.23. The maximum absolute atomic E-state index is 5.24. The molecule has 0 amide bonds. The molecule has 4 aromatic carbocycles. The molecule has 0 fully saturated rings. The fraction of sp³-hybridized carbons (Fsp3) is 0.0625. The molecule has 0 aliphatic heterocycles. The van der Waals surface area contributed by atoms with E-state index in [4.69, 9.17) is 9.47 Å². The zero-order valence-electron chi connectivity index (χ0n) is 21.2. The van der Waals surface area contributed by atoms with Crippen LogP contribution in [0.4, 0.5) is 0 Å². The summed E-state index contributed by atoms with van der Waals surface area (Å²) in [5.74, 6) is 1.69. The summed E-state index contributed by atoms with van der Waals surface area (Å²) in [4.78, 5) is 9.35. The summed E-state index contributed by atoms with van der Waals surface area (Å²) in [6, 6.07) is 28.2. The molecule has 0 aliphatic carbocycles. The highest BCUT2D eigenvalue weighted by molar-refractivity contribution is 7.22. The molecule has 38 heavy (non-hydrogen) atoms. The van der Waals surface area contributed by atoms with Crippen molar-refractivity contribution in [2.75, 3.05) is 14.2 Å². The van der Waals surface area contributed by atoms with Crippen molar-refractivity contribution in [3.8, 4) is 32.6 Å². The van der Waals surface area contributed by atoms with Crippen molar-refractivity contribution in [2.24, 2.45) is 0 Å². The smallest absolute Gasteiger partial charge is 0.125 e.